The second kappa shape index (κ2) is 8.32. The Morgan fingerprint density at radius 3 is 2.37 bits per heavy atom. The van der Waals surface area contributed by atoms with Gasteiger partial charge in [0.15, 0.2) is 12.4 Å². The molecule has 1 fully saturated rings. The van der Waals surface area contributed by atoms with Gasteiger partial charge in [-0.2, -0.15) is 0 Å². The van der Waals surface area contributed by atoms with Gasteiger partial charge in [-0.05, 0) is 38.6 Å². The Bertz CT molecular complexity index is 1130. The molecule has 4 rings (SSSR count). The average Bonchev–Trinajstić information content (AvgIpc) is 2.73. The lowest BCUT2D eigenvalue weighted by molar-refractivity contribution is -0.134. The maximum atomic E-state index is 13.2. The summed E-state index contributed by atoms with van der Waals surface area (Å²) in [7, 11) is 2.04. The van der Waals surface area contributed by atoms with E-state index in [1.54, 1.807) is 11.0 Å². The first-order valence-electron chi connectivity index (χ1n) is 10.2. The number of benzene rings is 2. The van der Waals surface area contributed by atoms with Crippen molar-refractivity contribution in [3.8, 4) is 17.1 Å². The minimum absolute atomic E-state index is 0.0812. The van der Waals surface area contributed by atoms with Crippen LogP contribution in [0.1, 0.15) is 11.1 Å². The molecule has 1 saturated heterocycles. The third-order valence-corrected chi connectivity index (χ3v) is 5.52. The van der Waals surface area contributed by atoms with Gasteiger partial charge in [0, 0.05) is 31.7 Å². The topological polar surface area (TPSA) is 63.0 Å². The van der Waals surface area contributed by atoms with Gasteiger partial charge < -0.3 is 19.0 Å². The molecule has 30 heavy (non-hydrogen) atoms. The summed E-state index contributed by atoms with van der Waals surface area (Å²) in [5.74, 6) is 0.309. The van der Waals surface area contributed by atoms with Gasteiger partial charge in [0.1, 0.15) is 5.58 Å². The van der Waals surface area contributed by atoms with Crippen LogP contribution in [0.25, 0.3) is 22.3 Å². The number of fused-ring (bicyclic) bond motifs is 1. The highest BCUT2D eigenvalue weighted by Gasteiger charge is 2.22. The molecule has 3 aromatic rings. The molecule has 0 unspecified atom stereocenters. The number of rotatable bonds is 4. The van der Waals surface area contributed by atoms with Crippen molar-refractivity contribution in [3.05, 3.63) is 63.8 Å². The summed E-state index contributed by atoms with van der Waals surface area (Å²) in [6.07, 6.45) is 0. The monoisotopic (exact) mass is 406 g/mol. The van der Waals surface area contributed by atoms with E-state index in [2.05, 4.69) is 4.90 Å². The number of nitrogens with zero attached hydrogens (tertiary/aromatic N) is 2. The molecule has 0 radical (unpaired) electrons. The fourth-order valence-corrected chi connectivity index (χ4v) is 3.59. The van der Waals surface area contributed by atoms with Crippen molar-refractivity contribution in [3.63, 3.8) is 0 Å². The summed E-state index contributed by atoms with van der Waals surface area (Å²) in [6, 6.07) is 13.1. The molecule has 0 N–H and O–H groups in total. The Labute approximate surface area is 175 Å². The Balaban J connectivity index is 1.70. The van der Waals surface area contributed by atoms with Crippen LogP contribution in [-0.2, 0) is 4.79 Å². The average molecular weight is 406 g/mol. The van der Waals surface area contributed by atoms with Crippen LogP contribution < -0.4 is 10.2 Å². The van der Waals surface area contributed by atoms with Gasteiger partial charge in [-0.1, -0.05) is 35.9 Å². The third kappa shape index (κ3) is 4.09. The summed E-state index contributed by atoms with van der Waals surface area (Å²) in [5.41, 5.74) is 3.08. The minimum Gasteiger partial charge on any atom is -0.476 e. The molecule has 1 aromatic heterocycles. The van der Waals surface area contributed by atoms with E-state index in [-0.39, 0.29) is 23.7 Å². The molecule has 1 aliphatic rings. The van der Waals surface area contributed by atoms with E-state index in [0.29, 0.717) is 29.8 Å². The first-order chi connectivity index (χ1) is 14.4. The van der Waals surface area contributed by atoms with Gasteiger partial charge >= 0.3 is 0 Å². The van der Waals surface area contributed by atoms with Crippen molar-refractivity contribution in [2.24, 2.45) is 0 Å². The highest BCUT2D eigenvalue weighted by Crippen LogP contribution is 2.31. The molecule has 0 aliphatic carbocycles. The van der Waals surface area contributed by atoms with Crippen molar-refractivity contribution in [2.75, 3.05) is 39.8 Å². The lowest BCUT2D eigenvalue weighted by Crippen LogP contribution is -2.48. The lowest BCUT2D eigenvalue weighted by Gasteiger charge is -2.32. The minimum atomic E-state index is -0.266. The van der Waals surface area contributed by atoms with Crippen LogP contribution in [0.5, 0.6) is 5.75 Å². The summed E-state index contributed by atoms with van der Waals surface area (Å²) < 4.78 is 11.9. The highest BCUT2D eigenvalue weighted by molar-refractivity contribution is 5.83. The van der Waals surface area contributed by atoms with Crippen LogP contribution in [0, 0.1) is 13.8 Å². The largest absolute Gasteiger partial charge is 0.476 e. The van der Waals surface area contributed by atoms with Crippen LogP contribution in [-0.4, -0.2) is 55.5 Å². The first-order valence-corrected chi connectivity index (χ1v) is 10.2. The van der Waals surface area contributed by atoms with Gasteiger partial charge in [-0.15, -0.1) is 0 Å². The van der Waals surface area contributed by atoms with Crippen molar-refractivity contribution >= 4 is 16.9 Å². The number of aryl methyl sites for hydroxylation is 2. The van der Waals surface area contributed by atoms with Crippen LogP contribution in [0.2, 0.25) is 0 Å². The molecular formula is C24H26N2O4. The smallest absolute Gasteiger partial charge is 0.260 e. The number of likely N-dealkylation sites (N-methyl/N-ethyl adjacent to an activating group) is 1. The molecular weight excluding hydrogens is 380 g/mol. The van der Waals surface area contributed by atoms with E-state index in [1.165, 1.54) is 0 Å². The van der Waals surface area contributed by atoms with Crippen LogP contribution in [0.15, 0.2) is 51.7 Å². The van der Waals surface area contributed by atoms with Crippen molar-refractivity contribution < 1.29 is 13.9 Å². The Hall–Kier alpha value is -3.12. The maximum Gasteiger partial charge on any atom is 0.260 e. The summed E-state index contributed by atoms with van der Waals surface area (Å²) in [4.78, 5) is 29.8. The number of amides is 1. The Morgan fingerprint density at radius 1 is 1.00 bits per heavy atom. The Morgan fingerprint density at radius 2 is 1.67 bits per heavy atom. The quantitative estimate of drug-likeness (QED) is 0.666. The molecule has 6 nitrogen and oxygen atoms in total. The van der Waals surface area contributed by atoms with E-state index < -0.39 is 0 Å². The van der Waals surface area contributed by atoms with Crippen molar-refractivity contribution in [1.29, 1.82) is 0 Å². The van der Waals surface area contributed by atoms with Crippen LogP contribution in [0.4, 0.5) is 0 Å². The number of ether oxygens (including phenoxy) is 1. The molecule has 0 spiro atoms. The number of carbonyl (C=O) groups is 1. The Kier molecular flexibility index (Phi) is 5.59. The zero-order valence-corrected chi connectivity index (χ0v) is 17.6. The molecule has 2 aromatic carbocycles. The number of hydrogen-bond acceptors (Lipinski definition) is 5. The summed E-state index contributed by atoms with van der Waals surface area (Å²) in [5, 5.41) is 0.443. The fraction of sp³-hybridized carbons (Fsp3) is 0.333. The molecule has 1 aliphatic heterocycles. The fourth-order valence-electron chi connectivity index (χ4n) is 3.59. The van der Waals surface area contributed by atoms with Gasteiger partial charge in [-0.3, -0.25) is 9.59 Å². The molecule has 0 saturated carbocycles. The molecule has 2 heterocycles. The summed E-state index contributed by atoms with van der Waals surface area (Å²) >= 11 is 0. The molecule has 0 atom stereocenters. The highest BCUT2D eigenvalue weighted by atomic mass is 16.5. The van der Waals surface area contributed by atoms with Crippen LogP contribution >= 0.6 is 0 Å². The first kappa shape index (κ1) is 20.2. The van der Waals surface area contributed by atoms with E-state index in [0.717, 1.165) is 29.8 Å². The van der Waals surface area contributed by atoms with Crippen molar-refractivity contribution in [2.45, 2.75) is 13.8 Å². The zero-order chi connectivity index (χ0) is 21.3. The van der Waals surface area contributed by atoms with E-state index in [4.69, 9.17) is 9.15 Å². The predicted molar refractivity (Wildman–Crippen MR) is 117 cm³/mol. The molecule has 0 bridgehead atoms. The van der Waals surface area contributed by atoms with Gasteiger partial charge in [-0.25, -0.2) is 0 Å². The molecule has 1 amide bonds. The number of piperazine rings is 1. The van der Waals surface area contributed by atoms with Gasteiger partial charge in [0.05, 0.1) is 5.39 Å². The SMILES string of the molecule is Cc1ccc(-c2oc3cc(C)ccc3c(=O)c2OCC(=O)N2CCN(C)CC2)cc1. The van der Waals surface area contributed by atoms with E-state index in [9.17, 15) is 9.59 Å². The predicted octanol–water partition coefficient (Wildman–Crippen LogP) is 3.23. The third-order valence-electron chi connectivity index (χ3n) is 5.52. The second-order valence-electron chi connectivity index (χ2n) is 7.93. The van der Waals surface area contributed by atoms with Gasteiger partial charge in [0.2, 0.25) is 11.2 Å². The molecule has 6 heteroatoms. The number of hydrogen-bond donors (Lipinski definition) is 0. The van der Waals surface area contributed by atoms with E-state index >= 15 is 0 Å². The second-order valence-corrected chi connectivity index (χ2v) is 7.93. The van der Waals surface area contributed by atoms with Crippen molar-refractivity contribution in [1.82, 2.24) is 9.80 Å². The van der Waals surface area contributed by atoms with Gasteiger partial charge in [0.25, 0.3) is 5.91 Å². The van der Waals surface area contributed by atoms with E-state index in [1.807, 2.05) is 57.3 Å². The molecule has 156 valence electrons. The summed E-state index contributed by atoms with van der Waals surface area (Å²) in [6.45, 7) is 6.74. The number of carbonyl (C=O) groups excluding carboxylic acids is 1. The van der Waals surface area contributed by atoms with Crippen LogP contribution in [0.3, 0.4) is 0 Å². The standard InChI is InChI=1S/C24H26N2O4/c1-16-4-7-18(8-5-16)23-24(22(28)19-9-6-17(2)14-20(19)30-23)29-15-21(27)26-12-10-25(3)11-13-26/h4-9,14H,10-13,15H2,1-3H3. The maximum absolute atomic E-state index is 13.2. The normalized spacial score (nSPS) is 14.8. The zero-order valence-electron chi connectivity index (χ0n) is 17.6. The lowest BCUT2D eigenvalue weighted by atomic mass is 10.1.